The SMILES string of the molecule is Cc1cc(Cl)nc(N2CCC(F)(F)CC2)c1. The van der Waals surface area contributed by atoms with Crippen molar-refractivity contribution >= 4 is 17.4 Å². The minimum absolute atomic E-state index is 0.111. The van der Waals surface area contributed by atoms with E-state index in [0.29, 0.717) is 24.1 Å². The van der Waals surface area contributed by atoms with Crippen LogP contribution in [-0.4, -0.2) is 24.0 Å². The Bertz CT molecular complexity index is 365. The predicted octanol–water partition coefficient (Wildman–Crippen LogP) is 3.28. The molecule has 0 unspecified atom stereocenters. The van der Waals surface area contributed by atoms with E-state index >= 15 is 0 Å². The largest absolute Gasteiger partial charge is 0.356 e. The van der Waals surface area contributed by atoms with Crippen LogP contribution in [0.3, 0.4) is 0 Å². The van der Waals surface area contributed by atoms with E-state index < -0.39 is 5.92 Å². The number of halogens is 3. The van der Waals surface area contributed by atoms with Crippen molar-refractivity contribution in [3.05, 3.63) is 22.8 Å². The average molecular weight is 247 g/mol. The molecule has 0 aliphatic carbocycles. The number of nitrogens with zero attached hydrogens (tertiary/aromatic N) is 2. The molecular weight excluding hydrogens is 234 g/mol. The molecule has 5 heteroatoms. The first-order valence-corrected chi connectivity index (χ1v) is 5.61. The van der Waals surface area contributed by atoms with Crippen LogP contribution in [0.2, 0.25) is 5.15 Å². The minimum atomic E-state index is -2.52. The van der Waals surface area contributed by atoms with Crippen LogP contribution in [0.4, 0.5) is 14.6 Å². The first-order chi connectivity index (χ1) is 7.46. The van der Waals surface area contributed by atoms with Crippen molar-refractivity contribution in [1.29, 1.82) is 0 Å². The molecule has 0 aromatic carbocycles. The summed E-state index contributed by atoms with van der Waals surface area (Å²) < 4.78 is 26.0. The molecular formula is C11H13ClF2N2. The molecule has 1 aliphatic heterocycles. The van der Waals surface area contributed by atoms with Gasteiger partial charge in [-0.3, -0.25) is 0 Å². The smallest absolute Gasteiger partial charge is 0.251 e. The summed E-state index contributed by atoms with van der Waals surface area (Å²) in [5.74, 6) is -1.83. The second kappa shape index (κ2) is 4.17. The maximum atomic E-state index is 13.0. The molecule has 0 amide bonds. The Hall–Kier alpha value is -0.900. The van der Waals surface area contributed by atoms with Crippen LogP contribution in [0.25, 0.3) is 0 Å². The topological polar surface area (TPSA) is 16.1 Å². The van der Waals surface area contributed by atoms with E-state index in [9.17, 15) is 8.78 Å². The van der Waals surface area contributed by atoms with Crippen molar-refractivity contribution in [1.82, 2.24) is 4.98 Å². The van der Waals surface area contributed by atoms with E-state index in [0.717, 1.165) is 5.56 Å². The van der Waals surface area contributed by atoms with Gasteiger partial charge in [0.25, 0.3) is 5.92 Å². The molecule has 2 rings (SSSR count). The number of rotatable bonds is 1. The summed E-state index contributed by atoms with van der Waals surface area (Å²) in [4.78, 5) is 6.01. The molecule has 0 saturated carbocycles. The molecule has 1 aromatic rings. The Morgan fingerprint density at radius 1 is 1.31 bits per heavy atom. The number of anilines is 1. The van der Waals surface area contributed by atoms with Gasteiger partial charge in [0, 0.05) is 25.9 Å². The fourth-order valence-electron chi connectivity index (χ4n) is 1.83. The molecule has 2 heterocycles. The van der Waals surface area contributed by atoms with Gasteiger partial charge in [-0.1, -0.05) is 11.6 Å². The van der Waals surface area contributed by atoms with E-state index in [4.69, 9.17) is 11.6 Å². The molecule has 1 aliphatic rings. The lowest BCUT2D eigenvalue weighted by Crippen LogP contribution is -2.39. The first kappa shape index (κ1) is 11.6. The van der Waals surface area contributed by atoms with Crippen molar-refractivity contribution in [2.45, 2.75) is 25.7 Å². The zero-order valence-corrected chi connectivity index (χ0v) is 9.77. The number of hydrogen-bond acceptors (Lipinski definition) is 2. The van der Waals surface area contributed by atoms with Gasteiger partial charge in [-0.2, -0.15) is 0 Å². The summed E-state index contributed by atoms with van der Waals surface area (Å²) >= 11 is 5.84. The normalized spacial score (nSPS) is 19.9. The van der Waals surface area contributed by atoms with E-state index in [1.807, 2.05) is 17.9 Å². The minimum Gasteiger partial charge on any atom is -0.356 e. The van der Waals surface area contributed by atoms with E-state index in [2.05, 4.69) is 4.98 Å². The number of aryl methyl sites for hydroxylation is 1. The van der Waals surface area contributed by atoms with Crippen LogP contribution in [0.5, 0.6) is 0 Å². The van der Waals surface area contributed by atoms with Gasteiger partial charge in [-0.25, -0.2) is 13.8 Å². The summed E-state index contributed by atoms with van der Waals surface area (Å²) in [7, 11) is 0. The molecule has 0 spiro atoms. The number of piperidine rings is 1. The van der Waals surface area contributed by atoms with Crippen LogP contribution in [0, 0.1) is 6.92 Å². The third-order valence-corrected chi connectivity index (χ3v) is 2.94. The lowest BCUT2D eigenvalue weighted by atomic mass is 10.1. The van der Waals surface area contributed by atoms with Gasteiger partial charge in [-0.15, -0.1) is 0 Å². The van der Waals surface area contributed by atoms with Crippen molar-refractivity contribution in [2.75, 3.05) is 18.0 Å². The quantitative estimate of drug-likeness (QED) is 0.707. The van der Waals surface area contributed by atoms with Gasteiger partial charge in [-0.05, 0) is 24.6 Å². The summed E-state index contributed by atoms with van der Waals surface area (Å²) in [6.45, 7) is 2.58. The highest BCUT2D eigenvalue weighted by atomic mass is 35.5. The van der Waals surface area contributed by atoms with Crippen LogP contribution >= 0.6 is 11.6 Å². The second-order valence-electron chi connectivity index (χ2n) is 4.17. The summed E-state index contributed by atoms with van der Waals surface area (Å²) in [6.07, 6.45) is -0.222. The standard InChI is InChI=1S/C11H13ClF2N2/c1-8-6-9(12)15-10(7-8)16-4-2-11(13,14)3-5-16/h6-7H,2-5H2,1H3. The average Bonchev–Trinajstić information content (AvgIpc) is 2.15. The number of pyridine rings is 1. The Labute approximate surface area is 98.2 Å². The predicted molar refractivity (Wildman–Crippen MR) is 60.4 cm³/mol. The Morgan fingerprint density at radius 3 is 2.50 bits per heavy atom. The summed E-state index contributed by atoms with van der Waals surface area (Å²) in [5, 5.41) is 0.410. The van der Waals surface area contributed by atoms with Gasteiger partial charge in [0.15, 0.2) is 0 Å². The summed E-state index contributed by atoms with van der Waals surface area (Å²) in [5.41, 5.74) is 0.993. The van der Waals surface area contributed by atoms with Gasteiger partial charge in [0.1, 0.15) is 11.0 Å². The van der Waals surface area contributed by atoms with Crippen LogP contribution in [0.1, 0.15) is 18.4 Å². The highest BCUT2D eigenvalue weighted by molar-refractivity contribution is 6.29. The zero-order chi connectivity index (χ0) is 11.8. The fourth-order valence-corrected chi connectivity index (χ4v) is 2.09. The number of alkyl halides is 2. The molecule has 0 bridgehead atoms. The molecule has 0 radical (unpaired) electrons. The Balaban J connectivity index is 2.14. The van der Waals surface area contributed by atoms with Gasteiger partial charge in [0.2, 0.25) is 0 Å². The Morgan fingerprint density at radius 2 is 1.94 bits per heavy atom. The molecule has 16 heavy (non-hydrogen) atoms. The van der Waals surface area contributed by atoms with E-state index in [-0.39, 0.29) is 12.8 Å². The zero-order valence-electron chi connectivity index (χ0n) is 9.01. The molecule has 0 N–H and O–H groups in total. The molecule has 88 valence electrons. The summed E-state index contributed by atoms with van der Waals surface area (Å²) in [6, 6.07) is 3.62. The van der Waals surface area contributed by atoms with Crippen molar-refractivity contribution in [3.63, 3.8) is 0 Å². The first-order valence-electron chi connectivity index (χ1n) is 5.23. The van der Waals surface area contributed by atoms with Crippen molar-refractivity contribution < 1.29 is 8.78 Å². The number of aromatic nitrogens is 1. The van der Waals surface area contributed by atoms with Crippen LogP contribution in [-0.2, 0) is 0 Å². The van der Waals surface area contributed by atoms with E-state index in [1.54, 1.807) is 6.07 Å². The monoisotopic (exact) mass is 246 g/mol. The molecule has 1 fully saturated rings. The maximum absolute atomic E-state index is 13.0. The van der Waals surface area contributed by atoms with Gasteiger partial charge in [0.05, 0.1) is 0 Å². The van der Waals surface area contributed by atoms with Gasteiger partial charge < -0.3 is 4.90 Å². The van der Waals surface area contributed by atoms with Gasteiger partial charge >= 0.3 is 0 Å². The molecule has 1 aromatic heterocycles. The fraction of sp³-hybridized carbons (Fsp3) is 0.545. The second-order valence-corrected chi connectivity index (χ2v) is 4.56. The maximum Gasteiger partial charge on any atom is 0.251 e. The molecule has 2 nitrogen and oxygen atoms in total. The molecule has 1 saturated heterocycles. The van der Waals surface area contributed by atoms with E-state index in [1.165, 1.54) is 0 Å². The number of hydrogen-bond donors (Lipinski definition) is 0. The van der Waals surface area contributed by atoms with Crippen LogP contribution in [0.15, 0.2) is 12.1 Å². The van der Waals surface area contributed by atoms with Crippen molar-refractivity contribution in [3.8, 4) is 0 Å². The third kappa shape index (κ3) is 2.61. The van der Waals surface area contributed by atoms with Crippen LogP contribution < -0.4 is 4.90 Å². The lowest BCUT2D eigenvalue weighted by molar-refractivity contribution is -0.0221. The highest BCUT2D eigenvalue weighted by Crippen LogP contribution is 2.30. The van der Waals surface area contributed by atoms with Crippen molar-refractivity contribution in [2.24, 2.45) is 0 Å². The third-order valence-electron chi connectivity index (χ3n) is 2.74. The molecule has 0 atom stereocenters. The Kier molecular flexibility index (Phi) is 3.02. The highest BCUT2D eigenvalue weighted by Gasteiger charge is 2.34. The lowest BCUT2D eigenvalue weighted by Gasteiger charge is -2.32.